The van der Waals surface area contributed by atoms with Gasteiger partial charge in [-0.05, 0) is 31.9 Å². The smallest absolute Gasteiger partial charge is 0.271 e. The number of non-ortho nitro benzene ring substituents is 1. The van der Waals surface area contributed by atoms with E-state index in [2.05, 4.69) is 4.72 Å². The molecule has 0 aromatic heterocycles. The van der Waals surface area contributed by atoms with Crippen LogP contribution in [0.2, 0.25) is 0 Å². The van der Waals surface area contributed by atoms with E-state index in [1.807, 2.05) is 0 Å². The van der Waals surface area contributed by atoms with Gasteiger partial charge in [0.05, 0.1) is 15.9 Å². The number of nitro benzene ring substituents is 1. The molecule has 1 unspecified atom stereocenters. The third-order valence-corrected chi connectivity index (χ3v) is 4.62. The molecule has 1 N–H and O–H groups in total. The minimum absolute atomic E-state index is 0.0764. The lowest BCUT2D eigenvalue weighted by Crippen LogP contribution is -2.32. The van der Waals surface area contributed by atoms with Crippen LogP contribution in [0, 0.1) is 24.0 Å². The van der Waals surface area contributed by atoms with Crippen LogP contribution in [0.4, 0.5) is 5.69 Å². The molecule has 8 heteroatoms. The molecule has 0 saturated carbocycles. The lowest BCUT2D eigenvalue weighted by Gasteiger charge is -2.13. The molecule has 20 heavy (non-hydrogen) atoms. The second-order valence-electron chi connectivity index (χ2n) is 4.54. The Morgan fingerprint density at radius 1 is 1.40 bits per heavy atom. The minimum Gasteiger partial charge on any atom is -0.380 e. The van der Waals surface area contributed by atoms with E-state index in [9.17, 15) is 18.5 Å². The lowest BCUT2D eigenvalue weighted by molar-refractivity contribution is -0.385. The van der Waals surface area contributed by atoms with Gasteiger partial charge in [-0.15, -0.1) is 0 Å². The molecule has 0 bridgehead atoms. The maximum absolute atomic E-state index is 12.2. The molecule has 1 aromatic carbocycles. The average Bonchev–Trinajstić information content (AvgIpc) is 2.38. The van der Waals surface area contributed by atoms with Crippen molar-refractivity contribution in [2.45, 2.75) is 31.8 Å². The molecule has 0 aliphatic rings. The summed E-state index contributed by atoms with van der Waals surface area (Å²) in [5.41, 5.74) is 0.806. The molecule has 1 rings (SSSR count). The maximum Gasteiger partial charge on any atom is 0.271 e. The fraction of sp³-hybridized carbons (Fsp3) is 0.500. The van der Waals surface area contributed by atoms with Crippen molar-refractivity contribution in [1.82, 2.24) is 4.72 Å². The summed E-state index contributed by atoms with van der Waals surface area (Å²) in [6, 6.07) is 2.42. The van der Waals surface area contributed by atoms with Crippen LogP contribution in [0.1, 0.15) is 18.1 Å². The Hall–Kier alpha value is -1.51. The van der Waals surface area contributed by atoms with Gasteiger partial charge in [-0.2, -0.15) is 0 Å². The topological polar surface area (TPSA) is 98.5 Å². The number of hydrogen-bond donors (Lipinski definition) is 1. The quantitative estimate of drug-likeness (QED) is 0.634. The zero-order valence-electron chi connectivity index (χ0n) is 11.8. The van der Waals surface area contributed by atoms with Crippen molar-refractivity contribution >= 4 is 15.7 Å². The Kier molecular flexibility index (Phi) is 5.21. The van der Waals surface area contributed by atoms with Crippen molar-refractivity contribution in [1.29, 1.82) is 0 Å². The van der Waals surface area contributed by atoms with Gasteiger partial charge in [-0.1, -0.05) is 0 Å². The predicted octanol–water partition coefficient (Wildman–Crippen LogP) is 1.52. The molecule has 0 aliphatic carbocycles. The van der Waals surface area contributed by atoms with Crippen LogP contribution in [-0.4, -0.2) is 33.1 Å². The summed E-state index contributed by atoms with van der Waals surface area (Å²) in [7, 11) is -2.34. The Morgan fingerprint density at radius 3 is 2.50 bits per heavy atom. The Morgan fingerprint density at radius 2 is 2.00 bits per heavy atom. The second kappa shape index (κ2) is 6.29. The highest BCUT2D eigenvalue weighted by atomic mass is 32.2. The number of ether oxygens (including phenoxy) is 1. The summed E-state index contributed by atoms with van der Waals surface area (Å²) in [6.45, 7) is 5.07. The van der Waals surface area contributed by atoms with Gasteiger partial charge in [0.25, 0.3) is 5.69 Å². The normalized spacial score (nSPS) is 13.2. The largest absolute Gasteiger partial charge is 0.380 e. The van der Waals surface area contributed by atoms with Crippen molar-refractivity contribution in [3.8, 4) is 0 Å². The molecule has 0 amide bonds. The zero-order chi connectivity index (χ0) is 15.5. The molecule has 0 radical (unpaired) electrons. The average molecular weight is 302 g/mol. The van der Waals surface area contributed by atoms with Crippen molar-refractivity contribution in [2.75, 3.05) is 13.7 Å². The van der Waals surface area contributed by atoms with Gasteiger partial charge in [0.1, 0.15) is 0 Å². The first-order valence-electron chi connectivity index (χ1n) is 5.97. The third-order valence-electron chi connectivity index (χ3n) is 3.07. The van der Waals surface area contributed by atoms with Crippen LogP contribution in [0.5, 0.6) is 0 Å². The monoisotopic (exact) mass is 302 g/mol. The van der Waals surface area contributed by atoms with Gasteiger partial charge in [0.2, 0.25) is 10.0 Å². The Bertz CT molecular complexity index is 613. The summed E-state index contributed by atoms with van der Waals surface area (Å²) in [5.74, 6) is 0. The van der Waals surface area contributed by atoms with E-state index in [1.54, 1.807) is 20.8 Å². The first-order chi connectivity index (χ1) is 9.19. The highest BCUT2D eigenvalue weighted by Gasteiger charge is 2.22. The van der Waals surface area contributed by atoms with Crippen LogP contribution >= 0.6 is 0 Å². The number of nitro groups is 1. The van der Waals surface area contributed by atoms with Crippen LogP contribution in [0.25, 0.3) is 0 Å². The number of rotatable bonds is 6. The van der Waals surface area contributed by atoms with Crippen LogP contribution in [-0.2, 0) is 14.8 Å². The van der Waals surface area contributed by atoms with Gasteiger partial charge in [0, 0.05) is 25.8 Å². The fourth-order valence-corrected chi connectivity index (χ4v) is 3.03. The third kappa shape index (κ3) is 3.75. The van der Waals surface area contributed by atoms with E-state index >= 15 is 0 Å². The van der Waals surface area contributed by atoms with E-state index in [0.29, 0.717) is 11.1 Å². The lowest BCUT2D eigenvalue weighted by atomic mass is 10.1. The van der Waals surface area contributed by atoms with Crippen LogP contribution in [0.15, 0.2) is 17.0 Å². The molecular weight excluding hydrogens is 284 g/mol. The number of sulfonamides is 1. The van der Waals surface area contributed by atoms with Gasteiger partial charge in [-0.3, -0.25) is 10.1 Å². The highest BCUT2D eigenvalue weighted by molar-refractivity contribution is 7.89. The first-order valence-corrected chi connectivity index (χ1v) is 7.45. The number of hydrogen-bond acceptors (Lipinski definition) is 5. The zero-order valence-corrected chi connectivity index (χ0v) is 12.7. The van der Waals surface area contributed by atoms with Crippen molar-refractivity contribution in [2.24, 2.45) is 0 Å². The summed E-state index contributed by atoms with van der Waals surface area (Å²) < 4.78 is 31.8. The van der Waals surface area contributed by atoms with Gasteiger partial charge in [-0.25, -0.2) is 13.1 Å². The number of benzene rings is 1. The molecule has 0 aliphatic heterocycles. The fourth-order valence-electron chi connectivity index (χ4n) is 1.58. The predicted molar refractivity (Wildman–Crippen MR) is 74.2 cm³/mol. The number of aryl methyl sites for hydroxylation is 1. The van der Waals surface area contributed by atoms with Crippen LogP contribution in [0.3, 0.4) is 0 Å². The molecular formula is C12H18N2O5S. The molecule has 7 nitrogen and oxygen atoms in total. The first kappa shape index (κ1) is 16.5. The van der Waals surface area contributed by atoms with Crippen molar-refractivity contribution < 1.29 is 18.1 Å². The Labute approximate surface area is 118 Å². The van der Waals surface area contributed by atoms with Gasteiger partial charge >= 0.3 is 0 Å². The molecule has 1 aromatic rings. The van der Waals surface area contributed by atoms with E-state index < -0.39 is 14.9 Å². The maximum atomic E-state index is 12.2. The molecule has 0 spiro atoms. The highest BCUT2D eigenvalue weighted by Crippen LogP contribution is 2.25. The summed E-state index contributed by atoms with van der Waals surface area (Å²) in [4.78, 5) is 10.1. The molecule has 0 saturated heterocycles. The second-order valence-corrected chi connectivity index (χ2v) is 6.28. The molecule has 0 heterocycles. The molecule has 1 atom stereocenters. The number of methoxy groups -OCH3 is 1. The molecule has 112 valence electrons. The minimum atomic E-state index is -3.81. The van der Waals surface area contributed by atoms with Gasteiger partial charge in [0.15, 0.2) is 0 Å². The molecule has 0 fully saturated rings. The summed E-state index contributed by atoms with van der Waals surface area (Å²) in [5, 5.41) is 10.8. The van der Waals surface area contributed by atoms with Crippen molar-refractivity contribution in [3.63, 3.8) is 0 Å². The van der Waals surface area contributed by atoms with E-state index in [1.165, 1.54) is 13.2 Å². The van der Waals surface area contributed by atoms with E-state index in [-0.39, 0.29) is 23.2 Å². The van der Waals surface area contributed by atoms with Crippen molar-refractivity contribution in [3.05, 3.63) is 33.4 Å². The number of nitrogens with one attached hydrogen (secondary N) is 1. The Balaban J connectivity index is 3.20. The van der Waals surface area contributed by atoms with E-state index in [4.69, 9.17) is 4.74 Å². The summed E-state index contributed by atoms with van der Waals surface area (Å²) >= 11 is 0. The van der Waals surface area contributed by atoms with E-state index in [0.717, 1.165) is 6.07 Å². The standard InChI is InChI=1S/C12H18N2O5S/c1-8-5-11(14(15)16)6-12(10(8)3)20(17,18)13-7-9(2)19-4/h5-6,9,13H,7H2,1-4H3. The number of nitrogens with zero attached hydrogens (tertiary/aromatic N) is 1. The van der Waals surface area contributed by atoms with Gasteiger partial charge < -0.3 is 4.74 Å². The summed E-state index contributed by atoms with van der Waals surface area (Å²) in [6.07, 6.45) is -0.287. The van der Waals surface area contributed by atoms with Crippen LogP contribution < -0.4 is 4.72 Å². The SMILES string of the molecule is COC(C)CNS(=O)(=O)c1cc([N+](=O)[O-])cc(C)c1C.